The Morgan fingerprint density at radius 1 is 1.12 bits per heavy atom. The summed E-state index contributed by atoms with van der Waals surface area (Å²) < 4.78 is 0. The monoisotopic (exact) mass is 358 g/mol. The van der Waals surface area contributed by atoms with E-state index in [4.69, 9.17) is 0 Å². The summed E-state index contributed by atoms with van der Waals surface area (Å²) in [6, 6.07) is 4.48. The molecule has 2 amide bonds. The lowest BCUT2D eigenvalue weighted by atomic mass is 9.96. The predicted molar refractivity (Wildman–Crippen MR) is 106 cm³/mol. The molecule has 2 fully saturated rings. The zero-order valence-corrected chi connectivity index (χ0v) is 16.3. The molecule has 5 heteroatoms. The van der Waals surface area contributed by atoms with Gasteiger partial charge in [-0.2, -0.15) is 0 Å². The summed E-state index contributed by atoms with van der Waals surface area (Å²) in [5, 5.41) is 3.13. The molecule has 0 spiro atoms. The summed E-state index contributed by atoms with van der Waals surface area (Å²) in [4.78, 5) is 21.6. The zero-order chi connectivity index (χ0) is 18.2. The lowest BCUT2D eigenvalue weighted by Crippen LogP contribution is -2.43. The number of piperidine rings is 1. The number of anilines is 1. The third kappa shape index (κ3) is 5.12. The van der Waals surface area contributed by atoms with Crippen molar-refractivity contribution in [2.24, 2.45) is 0 Å². The van der Waals surface area contributed by atoms with Crippen LogP contribution in [-0.2, 0) is 6.54 Å². The van der Waals surface area contributed by atoms with Gasteiger partial charge >= 0.3 is 6.03 Å². The number of nitrogens with zero attached hydrogens (tertiary/aromatic N) is 3. The minimum absolute atomic E-state index is 0.0454. The Kier molecular flexibility index (Phi) is 7.15. The van der Waals surface area contributed by atoms with Gasteiger partial charge in [-0.1, -0.05) is 38.2 Å². The molecule has 5 nitrogen and oxygen atoms in total. The van der Waals surface area contributed by atoms with Crippen LogP contribution in [0.15, 0.2) is 18.3 Å². The first-order valence-electron chi connectivity index (χ1n) is 10.4. The predicted octanol–water partition coefficient (Wildman–Crippen LogP) is 4.33. The van der Waals surface area contributed by atoms with Crippen LogP contribution in [0.4, 0.5) is 10.6 Å². The van der Waals surface area contributed by atoms with Crippen molar-refractivity contribution in [2.75, 3.05) is 25.0 Å². The smallest absolute Gasteiger partial charge is 0.317 e. The van der Waals surface area contributed by atoms with Gasteiger partial charge < -0.3 is 15.1 Å². The molecule has 2 heterocycles. The van der Waals surface area contributed by atoms with Gasteiger partial charge in [-0.25, -0.2) is 9.78 Å². The van der Waals surface area contributed by atoms with E-state index in [0.29, 0.717) is 12.6 Å². The molecular weight excluding hydrogens is 324 g/mol. The average molecular weight is 359 g/mol. The summed E-state index contributed by atoms with van der Waals surface area (Å²) in [5.74, 6) is 1.04. The molecule has 1 saturated carbocycles. The molecule has 0 unspecified atom stereocenters. The first-order valence-corrected chi connectivity index (χ1v) is 10.4. The number of rotatable bonds is 4. The lowest BCUT2D eigenvalue weighted by molar-refractivity contribution is 0.178. The van der Waals surface area contributed by atoms with Crippen LogP contribution < -0.4 is 10.2 Å². The number of hydrogen-bond acceptors (Lipinski definition) is 3. The molecule has 0 aromatic carbocycles. The van der Waals surface area contributed by atoms with Crippen LogP contribution in [0.5, 0.6) is 0 Å². The highest BCUT2D eigenvalue weighted by Gasteiger charge is 2.21. The molecule has 1 aliphatic heterocycles. The van der Waals surface area contributed by atoms with Crippen molar-refractivity contribution in [1.29, 1.82) is 0 Å². The first kappa shape index (κ1) is 19.0. The lowest BCUT2D eigenvalue weighted by Gasteiger charge is -2.31. The summed E-state index contributed by atoms with van der Waals surface area (Å²) in [5.41, 5.74) is 1.12. The van der Waals surface area contributed by atoms with E-state index in [1.807, 2.05) is 24.2 Å². The van der Waals surface area contributed by atoms with E-state index >= 15 is 0 Å². The standard InChI is InChI=1S/C21H34N4O/c1-24(19-12-6-3-2-4-7-13-19)21(26)23-17-18-11-10-14-22-20(18)25-15-8-5-9-16-25/h10-11,14,19H,2-9,12-13,15-17H2,1H3,(H,23,26). The van der Waals surface area contributed by atoms with Crippen molar-refractivity contribution < 1.29 is 4.79 Å². The van der Waals surface area contributed by atoms with Crippen LogP contribution in [0.25, 0.3) is 0 Å². The molecule has 0 radical (unpaired) electrons. The minimum Gasteiger partial charge on any atom is -0.356 e. The van der Waals surface area contributed by atoms with Crippen LogP contribution in [0.1, 0.15) is 69.8 Å². The summed E-state index contributed by atoms with van der Waals surface area (Å²) in [6.07, 6.45) is 14.3. The summed E-state index contributed by atoms with van der Waals surface area (Å²) in [6.45, 7) is 2.69. The minimum atomic E-state index is 0.0454. The zero-order valence-electron chi connectivity index (χ0n) is 16.3. The first-order chi connectivity index (χ1) is 12.8. The molecule has 1 aromatic heterocycles. The summed E-state index contributed by atoms with van der Waals surface area (Å²) >= 11 is 0. The number of carbonyl (C=O) groups excluding carboxylic acids is 1. The fraction of sp³-hybridized carbons (Fsp3) is 0.714. The van der Waals surface area contributed by atoms with E-state index in [0.717, 1.165) is 37.3 Å². The molecule has 2 aliphatic rings. The molecule has 1 aliphatic carbocycles. The number of pyridine rings is 1. The van der Waals surface area contributed by atoms with E-state index in [2.05, 4.69) is 21.3 Å². The van der Waals surface area contributed by atoms with Gasteiger partial charge in [-0.15, -0.1) is 0 Å². The third-order valence-corrected chi connectivity index (χ3v) is 5.90. The van der Waals surface area contributed by atoms with Crippen molar-refractivity contribution in [2.45, 2.75) is 76.8 Å². The van der Waals surface area contributed by atoms with Crippen molar-refractivity contribution in [1.82, 2.24) is 15.2 Å². The Bertz CT molecular complexity index is 563. The molecular formula is C21H34N4O. The van der Waals surface area contributed by atoms with Gasteiger partial charge in [-0.05, 0) is 38.2 Å². The Balaban J connectivity index is 1.56. The molecule has 0 bridgehead atoms. The molecule has 144 valence electrons. The van der Waals surface area contributed by atoms with E-state index in [-0.39, 0.29) is 6.03 Å². The Hall–Kier alpha value is -1.78. The van der Waals surface area contributed by atoms with E-state index in [9.17, 15) is 4.79 Å². The maximum absolute atomic E-state index is 12.7. The number of amides is 2. The molecule has 1 saturated heterocycles. The maximum atomic E-state index is 12.7. The highest BCUT2D eigenvalue weighted by Crippen LogP contribution is 2.23. The van der Waals surface area contributed by atoms with Crippen LogP contribution in [0.2, 0.25) is 0 Å². The van der Waals surface area contributed by atoms with Gasteiger partial charge in [0.15, 0.2) is 0 Å². The normalized spacial score (nSPS) is 19.5. The average Bonchev–Trinajstić information content (AvgIpc) is 2.66. The van der Waals surface area contributed by atoms with Crippen LogP contribution in [-0.4, -0.2) is 42.1 Å². The molecule has 1 aromatic rings. The topological polar surface area (TPSA) is 48.5 Å². The second-order valence-corrected chi connectivity index (χ2v) is 7.80. The van der Waals surface area contributed by atoms with Crippen molar-refractivity contribution >= 4 is 11.8 Å². The quantitative estimate of drug-likeness (QED) is 0.872. The van der Waals surface area contributed by atoms with Gasteiger partial charge in [0.2, 0.25) is 0 Å². The number of nitrogens with one attached hydrogen (secondary N) is 1. The fourth-order valence-electron chi connectivity index (χ4n) is 4.24. The van der Waals surface area contributed by atoms with Gasteiger partial charge in [0, 0.05) is 44.5 Å². The molecule has 0 atom stereocenters. The van der Waals surface area contributed by atoms with Crippen molar-refractivity contribution in [3.8, 4) is 0 Å². The highest BCUT2D eigenvalue weighted by atomic mass is 16.2. The van der Waals surface area contributed by atoms with Crippen LogP contribution in [0.3, 0.4) is 0 Å². The van der Waals surface area contributed by atoms with E-state index in [1.54, 1.807) is 0 Å². The Labute approximate surface area is 158 Å². The van der Waals surface area contributed by atoms with E-state index < -0.39 is 0 Å². The third-order valence-electron chi connectivity index (χ3n) is 5.90. The molecule has 1 N–H and O–H groups in total. The number of urea groups is 1. The fourth-order valence-corrected chi connectivity index (χ4v) is 4.24. The van der Waals surface area contributed by atoms with Gasteiger partial charge in [0.1, 0.15) is 5.82 Å². The number of hydrogen-bond donors (Lipinski definition) is 1. The molecule has 26 heavy (non-hydrogen) atoms. The second kappa shape index (κ2) is 9.79. The van der Waals surface area contributed by atoms with E-state index in [1.165, 1.54) is 51.4 Å². The van der Waals surface area contributed by atoms with Gasteiger partial charge in [-0.3, -0.25) is 0 Å². The number of aromatic nitrogens is 1. The molecule has 3 rings (SSSR count). The second-order valence-electron chi connectivity index (χ2n) is 7.80. The maximum Gasteiger partial charge on any atom is 0.317 e. The number of carbonyl (C=O) groups is 1. The highest BCUT2D eigenvalue weighted by molar-refractivity contribution is 5.74. The largest absolute Gasteiger partial charge is 0.356 e. The van der Waals surface area contributed by atoms with Crippen molar-refractivity contribution in [3.05, 3.63) is 23.9 Å². The van der Waals surface area contributed by atoms with Crippen molar-refractivity contribution in [3.63, 3.8) is 0 Å². The summed E-state index contributed by atoms with van der Waals surface area (Å²) in [7, 11) is 1.95. The van der Waals surface area contributed by atoms with Crippen LogP contribution in [0, 0.1) is 0 Å². The SMILES string of the molecule is CN(C(=O)NCc1cccnc1N1CCCCC1)C1CCCCCCC1. The van der Waals surface area contributed by atoms with Gasteiger partial charge in [0.25, 0.3) is 0 Å². The Morgan fingerprint density at radius 2 is 1.77 bits per heavy atom. The Morgan fingerprint density at radius 3 is 2.50 bits per heavy atom. The van der Waals surface area contributed by atoms with Gasteiger partial charge in [0.05, 0.1) is 0 Å². The van der Waals surface area contributed by atoms with Crippen LogP contribution >= 0.6 is 0 Å².